The molecule has 3 heteroatoms. The molecule has 3 nitrogen and oxygen atoms in total. The lowest BCUT2D eigenvalue weighted by molar-refractivity contribution is 0.578. The topological polar surface area (TPSA) is 39.1 Å². The summed E-state index contributed by atoms with van der Waals surface area (Å²) in [6.07, 6.45) is 3.99. The van der Waals surface area contributed by atoms with Gasteiger partial charge in [-0.3, -0.25) is 0 Å². The van der Waals surface area contributed by atoms with E-state index in [1.54, 1.807) is 0 Å². The second-order valence-electron chi connectivity index (χ2n) is 6.13. The van der Waals surface area contributed by atoms with Gasteiger partial charge < -0.3 is 10.2 Å². The van der Waals surface area contributed by atoms with E-state index in [2.05, 4.69) is 40.6 Å². The van der Waals surface area contributed by atoms with Gasteiger partial charge in [0.2, 0.25) is 0 Å². The molecule has 2 aromatic rings. The molecule has 3 rings (SSSR count). The van der Waals surface area contributed by atoms with Crippen molar-refractivity contribution in [3.8, 4) is 6.07 Å². The normalized spacial score (nSPS) is 14.5. The average Bonchev–Trinajstić information content (AvgIpc) is 2.63. The molecule has 0 spiro atoms. The van der Waals surface area contributed by atoms with Gasteiger partial charge in [0.25, 0.3) is 0 Å². The van der Waals surface area contributed by atoms with Crippen molar-refractivity contribution in [1.29, 1.82) is 5.26 Å². The van der Waals surface area contributed by atoms with Crippen LogP contribution in [0.15, 0.2) is 48.5 Å². The van der Waals surface area contributed by atoms with E-state index in [9.17, 15) is 0 Å². The van der Waals surface area contributed by atoms with Crippen molar-refractivity contribution in [2.24, 2.45) is 0 Å². The molecule has 0 aromatic heterocycles. The maximum Gasteiger partial charge on any atom is 0.0991 e. The van der Waals surface area contributed by atoms with Gasteiger partial charge in [0.05, 0.1) is 11.6 Å². The summed E-state index contributed by atoms with van der Waals surface area (Å²) >= 11 is 0. The molecule has 1 N–H and O–H groups in total. The van der Waals surface area contributed by atoms with Crippen LogP contribution >= 0.6 is 0 Å². The number of nitriles is 1. The zero-order valence-corrected chi connectivity index (χ0v) is 13.5. The lowest BCUT2D eigenvalue weighted by Gasteiger charge is -2.28. The van der Waals surface area contributed by atoms with Crippen molar-refractivity contribution < 1.29 is 0 Å². The van der Waals surface area contributed by atoms with Crippen LogP contribution in [0, 0.1) is 11.3 Å². The summed E-state index contributed by atoms with van der Waals surface area (Å²) in [6, 6.07) is 18.8. The highest BCUT2D eigenvalue weighted by molar-refractivity contribution is 5.47. The monoisotopic (exact) mass is 305 g/mol. The van der Waals surface area contributed by atoms with Gasteiger partial charge in [-0.1, -0.05) is 24.3 Å². The molecule has 0 amide bonds. The molecule has 1 fully saturated rings. The molecule has 0 unspecified atom stereocenters. The maximum atomic E-state index is 8.92. The first-order chi connectivity index (χ1) is 11.3. The molecular weight excluding hydrogens is 282 g/mol. The first-order valence-corrected chi connectivity index (χ1v) is 8.39. The van der Waals surface area contributed by atoms with Crippen molar-refractivity contribution in [2.45, 2.75) is 32.4 Å². The quantitative estimate of drug-likeness (QED) is 0.912. The number of piperidine rings is 1. The largest absolute Gasteiger partial charge is 0.372 e. The molecule has 1 heterocycles. The molecule has 1 saturated heterocycles. The van der Waals surface area contributed by atoms with Crippen LogP contribution in [0.25, 0.3) is 0 Å². The summed E-state index contributed by atoms with van der Waals surface area (Å²) in [6.45, 7) is 4.00. The lowest BCUT2D eigenvalue weighted by Crippen LogP contribution is -2.29. The molecule has 0 saturated carbocycles. The van der Waals surface area contributed by atoms with E-state index < -0.39 is 0 Å². The van der Waals surface area contributed by atoms with Gasteiger partial charge in [0.15, 0.2) is 0 Å². The van der Waals surface area contributed by atoms with Gasteiger partial charge in [0, 0.05) is 31.9 Å². The van der Waals surface area contributed by atoms with Gasteiger partial charge >= 0.3 is 0 Å². The Morgan fingerprint density at radius 2 is 1.65 bits per heavy atom. The van der Waals surface area contributed by atoms with Crippen molar-refractivity contribution in [1.82, 2.24) is 5.32 Å². The van der Waals surface area contributed by atoms with Crippen molar-refractivity contribution >= 4 is 5.69 Å². The van der Waals surface area contributed by atoms with E-state index in [4.69, 9.17) is 5.26 Å². The second-order valence-corrected chi connectivity index (χ2v) is 6.13. The standard InChI is InChI=1S/C20H23N3/c21-14-18-5-4-6-19(13-18)16-22-15-17-7-9-20(10-8-17)23-11-2-1-3-12-23/h4-10,13,22H,1-3,11-12,15-16H2. The molecule has 1 aliphatic rings. The summed E-state index contributed by atoms with van der Waals surface area (Å²) < 4.78 is 0. The highest BCUT2D eigenvalue weighted by Gasteiger charge is 2.10. The summed E-state index contributed by atoms with van der Waals surface area (Å²) in [4.78, 5) is 2.48. The number of nitrogens with one attached hydrogen (secondary N) is 1. The fourth-order valence-electron chi connectivity index (χ4n) is 3.08. The Kier molecular flexibility index (Phi) is 5.29. The fourth-order valence-corrected chi connectivity index (χ4v) is 3.08. The average molecular weight is 305 g/mol. The highest BCUT2D eigenvalue weighted by atomic mass is 15.1. The molecule has 0 bridgehead atoms. The maximum absolute atomic E-state index is 8.92. The van der Waals surface area contributed by atoms with Gasteiger partial charge in [-0.2, -0.15) is 5.26 Å². The van der Waals surface area contributed by atoms with Crippen molar-refractivity contribution in [3.05, 3.63) is 65.2 Å². The zero-order chi connectivity index (χ0) is 15.9. The molecule has 0 radical (unpaired) electrons. The minimum atomic E-state index is 0.718. The van der Waals surface area contributed by atoms with E-state index in [-0.39, 0.29) is 0 Å². The molecule has 1 aliphatic heterocycles. The van der Waals surface area contributed by atoms with E-state index in [1.165, 1.54) is 43.6 Å². The number of nitrogens with zero attached hydrogens (tertiary/aromatic N) is 2. The Balaban J connectivity index is 1.51. The van der Waals surface area contributed by atoms with Crippen LogP contribution in [0.3, 0.4) is 0 Å². The number of hydrogen-bond donors (Lipinski definition) is 1. The first-order valence-electron chi connectivity index (χ1n) is 8.39. The summed E-state index contributed by atoms with van der Waals surface area (Å²) in [7, 11) is 0. The van der Waals surface area contributed by atoms with E-state index in [1.807, 2.05) is 24.3 Å². The molecular formula is C20H23N3. The van der Waals surface area contributed by atoms with Gasteiger partial charge in [0.1, 0.15) is 0 Å². The van der Waals surface area contributed by atoms with Crippen LogP contribution in [-0.4, -0.2) is 13.1 Å². The van der Waals surface area contributed by atoms with Crippen molar-refractivity contribution in [3.63, 3.8) is 0 Å². The predicted molar refractivity (Wildman–Crippen MR) is 94.2 cm³/mol. The Hall–Kier alpha value is -2.31. The van der Waals surface area contributed by atoms with Crippen molar-refractivity contribution in [2.75, 3.05) is 18.0 Å². The molecule has 2 aromatic carbocycles. The number of rotatable bonds is 5. The third-order valence-electron chi connectivity index (χ3n) is 4.37. The molecule has 23 heavy (non-hydrogen) atoms. The Morgan fingerprint density at radius 3 is 2.39 bits per heavy atom. The van der Waals surface area contributed by atoms with E-state index in [0.29, 0.717) is 0 Å². The minimum absolute atomic E-state index is 0.718. The van der Waals surface area contributed by atoms with Crippen LogP contribution in [0.2, 0.25) is 0 Å². The number of hydrogen-bond acceptors (Lipinski definition) is 3. The van der Waals surface area contributed by atoms with Crippen LogP contribution < -0.4 is 10.2 Å². The Morgan fingerprint density at radius 1 is 0.913 bits per heavy atom. The van der Waals surface area contributed by atoms with Gasteiger partial charge in [-0.25, -0.2) is 0 Å². The third kappa shape index (κ3) is 4.34. The van der Waals surface area contributed by atoms with Crippen LogP contribution in [-0.2, 0) is 13.1 Å². The Bertz CT molecular complexity index is 664. The van der Waals surface area contributed by atoms with Crippen LogP contribution in [0.1, 0.15) is 36.0 Å². The highest BCUT2D eigenvalue weighted by Crippen LogP contribution is 2.20. The summed E-state index contributed by atoms with van der Waals surface area (Å²) in [5.41, 5.74) is 4.50. The lowest BCUT2D eigenvalue weighted by atomic mass is 10.1. The molecule has 0 atom stereocenters. The number of anilines is 1. The second kappa shape index (κ2) is 7.80. The zero-order valence-electron chi connectivity index (χ0n) is 13.5. The third-order valence-corrected chi connectivity index (χ3v) is 4.37. The summed E-state index contributed by atoms with van der Waals surface area (Å²) in [5, 5.41) is 12.4. The Labute approximate surface area is 138 Å². The van der Waals surface area contributed by atoms with E-state index in [0.717, 1.165) is 24.2 Å². The summed E-state index contributed by atoms with van der Waals surface area (Å²) in [5.74, 6) is 0. The predicted octanol–water partition coefficient (Wildman–Crippen LogP) is 3.84. The minimum Gasteiger partial charge on any atom is -0.372 e. The molecule has 0 aliphatic carbocycles. The first kappa shape index (κ1) is 15.6. The molecule has 118 valence electrons. The van der Waals surface area contributed by atoms with Gasteiger partial charge in [-0.05, 0) is 54.7 Å². The van der Waals surface area contributed by atoms with Crippen LogP contribution in [0.5, 0.6) is 0 Å². The van der Waals surface area contributed by atoms with E-state index >= 15 is 0 Å². The SMILES string of the molecule is N#Cc1cccc(CNCc2ccc(N3CCCCC3)cc2)c1. The smallest absolute Gasteiger partial charge is 0.0991 e. The van der Waals surface area contributed by atoms with Crippen LogP contribution in [0.4, 0.5) is 5.69 Å². The number of benzene rings is 2. The fraction of sp³-hybridized carbons (Fsp3) is 0.350. The van der Waals surface area contributed by atoms with Gasteiger partial charge in [-0.15, -0.1) is 0 Å².